The Labute approximate surface area is 216 Å². The molecule has 0 aromatic heterocycles. The molecule has 1 saturated heterocycles. The largest absolute Gasteiger partial charge is 0.388 e. The number of anilines is 1. The van der Waals surface area contributed by atoms with Crippen molar-refractivity contribution >= 4 is 33.3 Å². The van der Waals surface area contributed by atoms with Gasteiger partial charge in [-0.2, -0.15) is 10.2 Å². The van der Waals surface area contributed by atoms with Gasteiger partial charge in [0.1, 0.15) is 18.3 Å². The van der Waals surface area contributed by atoms with Crippen molar-refractivity contribution in [3.63, 3.8) is 0 Å². The molecule has 0 bridgehead atoms. The molecular weight excluding hydrogens is 502 g/mol. The number of ether oxygens (including phenoxy) is 1. The van der Waals surface area contributed by atoms with E-state index in [1.165, 1.54) is 25.3 Å². The van der Waals surface area contributed by atoms with E-state index in [-0.39, 0.29) is 11.4 Å². The molecule has 0 amide bonds. The van der Waals surface area contributed by atoms with E-state index in [1.807, 2.05) is 43.3 Å². The van der Waals surface area contributed by atoms with Gasteiger partial charge >= 0.3 is 0 Å². The third-order valence-electron chi connectivity index (χ3n) is 5.64. The number of rotatable bonds is 11. The third-order valence-corrected chi connectivity index (χ3v) is 7.12. The maximum Gasteiger partial charge on any atom is 0.256 e. The standard InChI is InChI=1S/C24H33N5O7S/c1-16-21(30)22(31)23(32)24(35-16)36-25-14-4-5-15-26-37(33,34)20-12-8-18(9-13-20)28-27-17-6-10-19(11-7-17)29(2)3/h6-14,16,21-24,26,30-32H,4-5,15H2,1-3H3/b25-14+,28-27?/t16-,21+,22+,23-,24-/m0/s1. The Balaban J connectivity index is 1.41. The summed E-state index contributed by atoms with van der Waals surface area (Å²) in [4.78, 5) is 7.13. The van der Waals surface area contributed by atoms with Crippen molar-refractivity contribution in [1.29, 1.82) is 0 Å². The molecule has 2 aromatic carbocycles. The first kappa shape index (κ1) is 28.6. The fourth-order valence-corrected chi connectivity index (χ4v) is 4.44. The molecule has 0 radical (unpaired) electrons. The monoisotopic (exact) mass is 535 g/mol. The molecule has 12 nitrogen and oxygen atoms in total. The van der Waals surface area contributed by atoms with E-state index in [4.69, 9.17) is 9.57 Å². The Bertz CT molecular complexity index is 1160. The molecule has 1 fully saturated rings. The second-order valence-electron chi connectivity index (χ2n) is 8.72. The molecule has 0 unspecified atom stereocenters. The van der Waals surface area contributed by atoms with Crippen LogP contribution < -0.4 is 9.62 Å². The second-order valence-corrected chi connectivity index (χ2v) is 10.5. The Hall–Kier alpha value is -2.94. The fraction of sp³-hybridized carbons (Fsp3) is 0.458. The molecule has 2 aromatic rings. The number of unbranched alkanes of at least 4 members (excludes halogenated alkanes) is 1. The molecule has 37 heavy (non-hydrogen) atoms. The number of nitrogens with zero attached hydrogens (tertiary/aromatic N) is 4. The van der Waals surface area contributed by atoms with Crippen molar-refractivity contribution in [2.45, 2.75) is 55.4 Å². The first-order valence-electron chi connectivity index (χ1n) is 11.7. The van der Waals surface area contributed by atoms with Crippen molar-refractivity contribution in [3.8, 4) is 0 Å². The summed E-state index contributed by atoms with van der Waals surface area (Å²) in [5, 5.41) is 41.3. The average Bonchev–Trinajstić information content (AvgIpc) is 2.89. The summed E-state index contributed by atoms with van der Waals surface area (Å²) in [6.07, 6.45) is -3.79. The number of aliphatic hydroxyl groups is 3. The lowest BCUT2D eigenvalue weighted by Gasteiger charge is -2.37. The zero-order chi connectivity index (χ0) is 27.0. The van der Waals surface area contributed by atoms with Crippen LogP contribution in [0.25, 0.3) is 0 Å². The van der Waals surface area contributed by atoms with Crippen molar-refractivity contribution < 1.29 is 33.3 Å². The van der Waals surface area contributed by atoms with E-state index in [2.05, 4.69) is 20.1 Å². The lowest BCUT2D eigenvalue weighted by molar-refractivity contribution is -0.293. The van der Waals surface area contributed by atoms with Crippen LogP contribution in [0.4, 0.5) is 17.1 Å². The quantitative estimate of drug-likeness (QED) is 0.147. The highest BCUT2D eigenvalue weighted by atomic mass is 32.2. The Kier molecular flexibility index (Phi) is 10.1. The minimum atomic E-state index is -3.70. The molecule has 0 spiro atoms. The van der Waals surface area contributed by atoms with Gasteiger partial charge in [-0.25, -0.2) is 13.1 Å². The molecule has 4 N–H and O–H groups in total. The predicted molar refractivity (Wildman–Crippen MR) is 138 cm³/mol. The molecule has 202 valence electrons. The normalized spacial score (nSPS) is 24.5. The number of hydrogen-bond donors (Lipinski definition) is 4. The number of sulfonamides is 1. The van der Waals surface area contributed by atoms with Crippen molar-refractivity contribution in [2.75, 3.05) is 25.5 Å². The van der Waals surface area contributed by atoms with E-state index in [1.54, 1.807) is 12.1 Å². The smallest absolute Gasteiger partial charge is 0.256 e. The fourth-order valence-electron chi connectivity index (χ4n) is 3.36. The summed E-state index contributed by atoms with van der Waals surface area (Å²) in [6.45, 7) is 1.71. The maximum absolute atomic E-state index is 12.5. The molecule has 0 aliphatic carbocycles. The van der Waals surface area contributed by atoms with Crippen molar-refractivity contribution in [3.05, 3.63) is 48.5 Å². The van der Waals surface area contributed by atoms with Crippen LogP contribution in [0.2, 0.25) is 0 Å². The van der Waals surface area contributed by atoms with E-state index < -0.39 is 40.7 Å². The van der Waals surface area contributed by atoms with Crippen molar-refractivity contribution in [2.24, 2.45) is 15.4 Å². The minimum absolute atomic E-state index is 0.108. The second kappa shape index (κ2) is 13.0. The van der Waals surface area contributed by atoms with E-state index in [0.717, 1.165) is 5.69 Å². The Morgan fingerprint density at radius 2 is 1.57 bits per heavy atom. The Morgan fingerprint density at radius 3 is 2.16 bits per heavy atom. The summed E-state index contributed by atoms with van der Waals surface area (Å²) in [5.74, 6) is 0. The van der Waals surface area contributed by atoms with E-state index in [0.29, 0.717) is 24.2 Å². The lowest BCUT2D eigenvalue weighted by Crippen LogP contribution is -2.56. The van der Waals surface area contributed by atoms with Gasteiger partial charge in [0.2, 0.25) is 10.0 Å². The highest BCUT2D eigenvalue weighted by molar-refractivity contribution is 7.89. The van der Waals surface area contributed by atoms with Crippen LogP contribution in [0.3, 0.4) is 0 Å². The highest BCUT2D eigenvalue weighted by Gasteiger charge is 2.43. The molecule has 1 aliphatic heterocycles. The third kappa shape index (κ3) is 8.02. The first-order chi connectivity index (χ1) is 17.6. The molecular formula is C24H33N5O7S. The SMILES string of the molecule is C[C@@H]1O[C@@H](O/N=C/CCCNS(=O)(=O)c2ccc(N=Nc3ccc(N(C)C)cc3)cc2)[C@@H](O)[C@H](O)[C@@H]1O. The number of oxime groups is 1. The van der Waals surface area contributed by atoms with E-state index >= 15 is 0 Å². The number of hydrogen-bond acceptors (Lipinski definition) is 11. The van der Waals surface area contributed by atoms with Gasteiger partial charge in [-0.3, -0.25) is 0 Å². The van der Waals surface area contributed by atoms with Crippen LogP contribution in [0.15, 0.2) is 68.8 Å². The maximum atomic E-state index is 12.5. The topological polar surface area (TPSA) is 166 Å². The highest BCUT2D eigenvalue weighted by Crippen LogP contribution is 2.23. The summed E-state index contributed by atoms with van der Waals surface area (Å²) in [5.41, 5.74) is 2.26. The van der Waals surface area contributed by atoms with Gasteiger partial charge in [-0.15, -0.1) is 0 Å². The summed E-state index contributed by atoms with van der Waals surface area (Å²) in [7, 11) is 0.204. The van der Waals surface area contributed by atoms with Gasteiger partial charge in [0.25, 0.3) is 6.29 Å². The number of azo groups is 1. The zero-order valence-electron chi connectivity index (χ0n) is 20.9. The van der Waals surface area contributed by atoms with Gasteiger partial charge in [0.05, 0.1) is 22.4 Å². The van der Waals surface area contributed by atoms with Gasteiger partial charge in [-0.1, -0.05) is 5.16 Å². The van der Waals surface area contributed by atoms with Gasteiger partial charge < -0.3 is 29.8 Å². The molecule has 5 atom stereocenters. The van der Waals surface area contributed by atoms with Crippen molar-refractivity contribution in [1.82, 2.24) is 4.72 Å². The molecule has 1 aliphatic rings. The van der Waals surface area contributed by atoms with E-state index in [9.17, 15) is 23.7 Å². The van der Waals surface area contributed by atoms with Gasteiger partial charge in [0.15, 0.2) is 0 Å². The van der Waals surface area contributed by atoms with Crippen LogP contribution in [0, 0.1) is 0 Å². The van der Waals surface area contributed by atoms with Gasteiger partial charge in [0, 0.05) is 32.5 Å². The summed E-state index contributed by atoms with van der Waals surface area (Å²) >= 11 is 0. The summed E-state index contributed by atoms with van der Waals surface area (Å²) < 4.78 is 32.8. The Morgan fingerprint density at radius 1 is 0.973 bits per heavy atom. The minimum Gasteiger partial charge on any atom is -0.388 e. The summed E-state index contributed by atoms with van der Waals surface area (Å²) in [6, 6.07) is 13.6. The number of benzene rings is 2. The number of aliphatic hydroxyl groups excluding tert-OH is 3. The molecule has 13 heteroatoms. The molecule has 0 saturated carbocycles. The zero-order valence-corrected chi connectivity index (χ0v) is 21.7. The van der Waals surface area contributed by atoms with Crippen LogP contribution in [-0.2, 0) is 19.6 Å². The van der Waals surface area contributed by atoms with Crippen LogP contribution in [-0.4, -0.2) is 81.3 Å². The number of nitrogens with one attached hydrogen (secondary N) is 1. The van der Waals surface area contributed by atoms with Crippen LogP contribution >= 0.6 is 0 Å². The molecule has 1 heterocycles. The van der Waals surface area contributed by atoms with Gasteiger partial charge in [-0.05, 0) is 68.3 Å². The molecule has 3 rings (SSSR count). The van der Waals surface area contributed by atoms with Crippen LogP contribution in [0.5, 0.6) is 0 Å². The average molecular weight is 536 g/mol. The predicted octanol–water partition coefficient (Wildman–Crippen LogP) is 2.06. The first-order valence-corrected chi connectivity index (χ1v) is 13.2. The van der Waals surface area contributed by atoms with Crippen LogP contribution in [0.1, 0.15) is 19.8 Å². The lowest BCUT2D eigenvalue weighted by atomic mass is 10.0.